The van der Waals surface area contributed by atoms with Gasteiger partial charge in [-0.1, -0.05) is 26.2 Å². The lowest BCUT2D eigenvalue weighted by Gasteiger charge is -2.32. The molecule has 1 amide bonds. The van der Waals surface area contributed by atoms with Gasteiger partial charge in [-0.3, -0.25) is 4.79 Å². The Kier molecular flexibility index (Phi) is 6.09. The van der Waals surface area contributed by atoms with Crippen LogP contribution in [0.4, 0.5) is 0 Å². The Balaban J connectivity index is 1.79. The summed E-state index contributed by atoms with van der Waals surface area (Å²) >= 11 is 0. The molecule has 1 atom stereocenters. The van der Waals surface area contributed by atoms with Gasteiger partial charge < -0.3 is 10.0 Å². The summed E-state index contributed by atoms with van der Waals surface area (Å²) in [6.45, 7) is 5.73. The molecule has 0 bridgehead atoms. The molecule has 0 radical (unpaired) electrons. The standard InChI is InChI=1S/C18H33NO2/c1-3-4-6-15-7-9-16(10-8-15)17(20)19-13-5-11-18(2,21)12-14-19/h15-16,21H,3-14H2,1-2H3. The predicted molar refractivity (Wildman–Crippen MR) is 86.0 cm³/mol. The number of amides is 1. The Hall–Kier alpha value is -0.570. The number of aliphatic hydroxyl groups is 1. The van der Waals surface area contributed by atoms with Crippen LogP contribution < -0.4 is 0 Å². The maximum atomic E-state index is 12.7. The van der Waals surface area contributed by atoms with E-state index < -0.39 is 5.60 Å². The number of carbonyl (C=O) groups excluding carboxylic acids is 1. The monoisotopic (exact) mass is 295 g/mol. The molecule has 3 nitrogen and oxygen atoms in total. The molecular weight excluding hydrogens is 262 g/mol. The fourth-order valence-corrected chi connectivity index (χ4v) is 3.93. The van der Waals surface area contributed by atoms with E-state index in [-0.39, 0.29) is 5.92 Å². The van der Waals surface area contributed by atoms with Crippen LogP contribution in [0.3, 0.4) is 0 Å². The molecule has 1 saturated heterocycles. The average molecular weight is 295 g/mol. The van der Waals surface area contributed by atoms with Crippen LogP contribution in [0.2, 0.25) is 0 Å². The van der Waals surface area contributed by atoms with E-state index in [2.05, 4.69) is 6.92 Å². The molecule has 2 fully saturated rings. The predicted octanol–water partition coefficient (Wildman–Crippen LogP) is 3.75. The second-order valence-corrected chi connectivity index (χ2v) is 7.54. The average Bonchev–Trinajstić information content (AvgIpc) is 2.66. The quantitative estimate of drug-likeness (QED) is 0.858. The Morgan fingerprint density at radius 3 is 2.57 bits per heavy atom. The Morgan fingerprint density at radius 2 is 1.90 bits per heavy atom. The molecule has 0 aromatic heterocycles. The Morgan fingerprint density at radius 1 is 1.19 bits per heavy atom. The molecule has 0 aromatic rings. The topological polar surface area (TPSA) is 40.5 Å². The van der Waals surface area contributed by atoms with Gasteiger partial charge in [-0.15, -0.1) is 0 Å². The van der Waals surface area contributed by atoms with Crippen LogP contribution in [0, 0.1) is 11.8 Å². The molecule has 1 unspecified atom stereocenters. The van der Waals surface area contributed by atoms with Crippen molar-refractivity contribution in [2.24, 2.45) is 11.8 Å². The van der Waals surface area contributed by atoms with Crippen LogP contribution in [0.15, 0.2) is 0 Å². The third-order valence-corrected chi connectivity index (χ3v) is 5.54. The van der Waals surface area contributed by atoms with E-state index in [0.717, 1.165) is 51.1 Å². The minimum absolute atomic E-state index is 0.255. The lowest BCUT2D eigenvalue weighted by Crippen LogP contribution is -2.39. The first kappa shape index (κ1) is 16.8. The van der Waals surface area contributed by atoms with Gasteiger partial charge in [-0.2, -0.15) is 0 Å². The minimum Gasteiger partial charge on any atom is -0.390 e. The minimum atomic E-state index is -0.577. The highest BCUT2D eigenvalue weighted by Gasteiger charge is 2.32. The zero-order chi connectivity index (χ0) is 15.3. The third-order valence-electron chi connectivity index (χ3n) is 5.54. The summed E-state index contributed by atoms with van der Waals surface area (Å²) in [5.74, 6) is 1.48. The van der Waals surface area contributed by atoms with Crippen molar-refractivity contribution in [2.75, 3.05) is 13.1 Å². The van der Waals surface area contributed by atoms with Gasteiger partial charge in [0.1, 0.15) is 0 Å². The number of rotatable bonds is 4. The number of hydrogen-bond acceptors (Lipinski definition) is 2. The van der Waals surface area contributed by atoms with Gasteiger partial charge in [0.25, 0.3) is 0 Å². The van der Waals surface area contributed by atoms with Crippen LogP contribution in [-0.2, 0) is 4.79 Å². The molecule has 2 rings (SSSR count). The first-order chi connectivity index (χ1) is 10.0. The van der Waals surface area contributed by atoms with Crippen LogP contribution in [-0.4, -0.2) is 34.6 Å². The summed E-state index contributed by atoms with van der Waals surface area (Å²) < 4.78 is 0. The summed E-state index contributed by atoms with van der Waals surface area (Å²) in [5.41, 5.74) is -0.577. The van der Waals surface area contributed by atoms with Crippen LogP contribution in [0.1, 0.15) is 78.1 Å². The molecule has 1 aliphatic carbocycles. The van der Waals surface area contributed by atoms with Gasteiger partial charge in [-0.05, 0) is 57.8 Å². The van der Waals surface area contributed by atoms with E-state index in [1.54, 1.807) is 0 Å². The molecule has 1 saturated carbocycles. The Bertz CT molecular complexity index is 332. The maximum absolute atomic E-state index is 12.7. The van der Waals surface area contributed by atoms with Crippen molar-refractivity contribution in [2.45, 2.75) is 83.7 Å². The molecular formula is C18H33NO2. The summed E-state index contributed by atoms with van der Waals surface area (Å²) in [5, 5.41) is 10.1. The molecule has 1 heterocycles. The van der Waals surface area contributed by atoms with Crippen molar-refractivity contribution in [3.05, 3.63) is 0 Å². The van der Waals surface area contributed by atoms with Crippen LogP contribution >= 0.6 is 0 Å². The fraction of sp³-hybridized carbons (Fsp3) is 0.944. The smallest absolute Gasteiger partial charge is 0.225 e. The lowest BCUT2D eigenvalue weighted by atomic mass is 9.79. The van der Waals surface area contributed by atoms with E-state index >= 15 is 0 Å². The Labute approximate surface area is 130 Å². The first-order valence-corrected chi connectivity index (χ1v) is 9.03. The molecule has 0 spiro atoms. The van der Waals surface area contributed by atoms with E-state index in [1.165, 1.54) is 32.1 Å². The summed E-state index contributed by atoms with van der Waals surface area (Å²) in [7, 11) is 0. The highest BCUT2D eigenvalue weighted by Crippen LogP contribution is 2.33. The first-order valence-electron chi connectivity index (χ1n) is 9.03. The fourth-order valence-electron chi connectivity index (χ4n) is 3.93. The molecule has 3 heteroatoms. The number of carbonyl (C=O) groups is 1. The SMILES string of the molecule is CCCCC1CCC(C(=O)N2CCCC(C)(O)CC2)CC1. The molecule has 2 aliphatic rings. The molecule has 122 valence electrons. The molecule has 0 aromatic carbocycles. The summed E-state index contributed by atoms with van der Waals surface area (Å²) in [4.78, 5) is 14.7. The second kappa shape index (κ2) is 7.62. The van der Waals surface area contributed by atoms with E-state index in [0.29, 0.717) is 5.91 Å². The van der Waals surface area contributed by atoms with Gasteiger partial charge in [0.15, 0.2) is 0 Å². The zero-order valence-corrected chi connectivity index (χ0v) is 13.9. The second-order valence-electron chi connectivity index (χ2n) is 7.54. The van der Waals surface area contributed by atoms with Crippen molar-refractivity contribution < 1.29 is 9.90 Å². The normalized spacial score (nSPS) is 34.5. The third kappa shape index (κ3) is 4.98. The number of likely N-dealkylation sites (tertiary alicyclic amines) is 1. The van der Waals surface area contributed by atoms with Crippen molar-refractivity contribution in [1.29, 1.82) is 0 Å². The zero-order valence-electron chi connectivity index (χ0n) is 13.9. The lowest BCUT2D eigenvalue weighted by molar-refractivity contribution is -0.137. The van der Waals surface area contributed by atoms with Crippen LogP contribution in [0.5, 0.6) is 0 Å². The van der Waals surface area contributed by atoms with Gasteiger partial charge in [0.2, 0.25) is 5.91 Å². The van der Waals surface area contributed by atoms with E-state index in [9.17, 15) is 9.90 Å². The van der Waals surface area contributed by atoms with Gasteiger partial charge in [0, 0.05) is 19.0 Å². The highest BCUT2D eigenvalue weighted by molar-refractivity contribution is 5.79. The molecule has 21 heavy (non-hydrogen) atoms. The number of nitrogens with zero attached hydrogens (tertiary/aromatic N) is 1. The van der Waals surface area contributed by atoms with Crippen molar-refractivity contribution in [1.82, 2.24) is 4.90 Å². The van der Waals surface area contributed by atoms with Gasteiger partial charge in [0.05, 0.1) is 5.60 Å². The van der Waals surface area contributed by atoms with Crippen molar-refractivity contribution >= 4 is 5.91 Å². The van der Waals surface area contributed by atoms with Crippen molar-refractivity contribution in [3.8, 4) is 0 Å². The number of unbranched alkanes of at least 4 members (excludes halogenated alkanes) is 1. The van der Waals surface area contributed by atoms with Gasteiger partial charge >= 0.3 is 0 Å². The molecule has 1 N–H and O–H groups in total. The van der Waals surface area contributed by atoms with Gasteiger partial charge in [-0.25, -0.2) is 0 Å². The van der Waals surface area contributed by atoms with Crippen molar-refractivity contribution in [3.63, 3.8) is 0 Å². The summed E-state index contributed by atoms with van der Waals surface area (Å²) in [6.07, 6.45) is 11.1. The largest absolute Gasteiger partial charge is 0.390 e. The van der Waals surface area contributed by atoms with E-state index in [1.807, 2.05) is 11.8 Å². The highest BCUT2D eigenvalue weighted by atomic mass is 16.3. The summed E-state index contributed by atoms with van der Waals surface area (Å²) in [6, 6.07) is 0. The number of hydrogen-bond donors (Lipinski definition) is 1. The van der Waals surface area contributed by atoms with Crippen LogP contribution in [0.25, 0.3) is 0 Å². The maximum Gasteiger partial charge on any atom is 0.225 e. The van der Waals surface area contributed by atoms with E-state index in [4.69, 9.17) is 0 Å². The molecule has 1 aliphatic heterocycles.